The van der Waals surface area contributed by atoms with Crippen LogP contribution in [0.1, 0.15) is 24.8 Å². The van der Waals surface area contributed by atoms with Crippen LogP contribution in [0.3, 0.4) is 0 Å². The molecule has 0 amide bonds. The van der Waals surface area contributed by atoms with E-state index in [9.17, 15) is 26.3 Å². The Morgan fingerprint density at radius 1 is 0.946 bits per heavy atom. The van der Waals surface area contributed by atoms with Crippen molar-refractivity contribution < 1.29 is 46.1 Å². The summed E-state index contributed by atoms with van der Waals surface area (Å²) in [6, 6.07) is 1.88. The molecule has 0 aliphatic carbocycles. The zero-order valence-corrected chi connectivity index (χ0v) is 19.7. The van der Waals surface area contributed by atoms with E-state index in [0.29, 0.717) is 5.41 Å². The highest BCUT2D eigenvalue weighted by atomic mass is 19.4. The van der Waals surface area contributed by atoms with Crippen molar-refractivity contribution in [2.24, 2.45) is 12.5 Å². The van der Waals surface area contributed by atoms with E-state index >= 15 is 0 Å². The summed E-state index contributed by atoms with van der Waals surface area (Å²) in [5.41, 5.74) is 1.78. The number of nitrogens with zero attached hydrogens (tertiary/aromatic N) is 6. The lowest BCUT2D eigenvalue weighted by Crippen LogP contribution is -2.41. The summed E-state index contributed by atoms with van der Waals surface area (Å²) in [4.78, 5) is 31.5. The molecule has 2 aliphatic heterocycles. The molecular weight excluding hydrogens is 514 g/mol. The number of carbonyl (C=O) groups is 2. The third kappa shape index (κ3) is 9.51. The van der Waals surface area contributed by atoms with Crippen molar-refractivity contribution in [2.45, 2.75) is 38.2 Å². The summed E-state index contributed by atoms with van der Waals surface area (Å²) in [6.07, 6.45) is 1.43. The Morgan fingerprint density at radius 2 is 1.43 bits per heavy atom. The van der Waals surface area contributed by atoms with Gasteiger partial charge in [0.1, 0.15) is 0 Å². The molecule has 16 heteroatoms. The van der Waals surface area contributed by atoms with Gasteiger partial charge >= 0.3 is 24.3 Å². The maximum Gasteiger partial charge on any atom is 0.490 e. The first-order valence-corrected chi connectivity index (χ1v) is 10.9. The van der Waals surface area contributed by atoms with Gasteiger partial charge < -0.3 is 15.1 Å². The molecule has 0 radical (unpaired) electrons. The largest absolute Gasteiger partial charge is 0.490 e. The van der Waals surface area contributed by atoms with Crippen LogP contribution in [0.15, 0.2) is 30.9 Å². The quantitative estimate of drug-likeness (QED) is 0.566. The number of aliphatic carboxylic acids is 2. The van der Waals surface area contributed by atoms with Crippen LogP contribution in [-0.4, -0.2) is 85.3 Å². The topological polar surface area (TPSA) is 125 Å². The fourth-order valence-corrected chi connectivity index (χ4v) is 3.97. The van der Waals surface area contributed by atoms with Crippen molar-refractivity contribution in [1.82, 2.24) is 24.6 Å². The molecule has 4 rings (SSSR count). The molecule has 1 spiro atoms. The van der Waals surface area contributed by atoms with Crippen LogP contribution in [0.2, 0.25) is 0 Å². The first-order valence-electron chi connectivity index (χ1n) is 10.9. The van der Waals surface area contributed by atoms with Gasteiger partial charge in [0.05, 0.1) is 6.20 Å². The number of halogens is 6. The van der Waals surface area contributed by atoms with E-state index in [4.69, 9.17) is 19.8 Å². The van der Waals surface area contributed by atoms with Crippen LogP contribution >= 0.6 is 0 Å². The molecule has 2 aromatic rings. The van der Waals surface area contributed by atoms with Gasteiger partial charge in [-0.2, -0.15) is 31.4 Å². The number of carboxylic acid groups (broad SMARTS) is 2. The number of hydrogen-bond acceptors (Lipinski definition) is 7. The highest BCUT2D eigenvalue weighted by Crippen LogP contribution is 2.41. The van der Waals surface area contributed by atoms with Gasteiger partial charge in [-0.15, -0.1) is 0 Å². The number of aryl methyl sites for hydroxylation is 1. The Labute approximate surface area is 207 Å². The fourth-order valence-electron chi connectivity index (χ4n) is 3.97. The lowest BCUT2D eigenvalue weighted by Gasteiger charge is -2.39. The summed E-state index contributed by atoms with van der Waals surface area (Å²) >= 11 is 0. The van der Waals surface area contributed by atoms with Crippen molar-refractivity contribution in [3.63, 3.8) is 0 Å². The summed E-state index contributed by atoms with van der Waals surface area (Å²) < 4.78 is 65.4. The molecular formula is C21H26F6N6O4. The average Bonchev–Trinajstić information content (AvgIpc) is 3.42. The van der Waals surface area contributed by atoms with Crippen LogP contribution in [0.4, 0.5) is 32.3 Å². The molecule has 2 aliphatic rings. The molecule has 2 saturated heterocycles. The van der Waals surface area contributed by atoms with Crippen molar-refractivity contribution in [2.75, 3.05) is 31.1 Å². The molecule has 4 heterocycles. The molecule has 0 bridgehead atoms. The molecule has 10 nitrogen and oxygen atoms in total. The van der Waals surface area contributed by atoms with E-state index in [1.165, 1.54) is 37.9 Å². The van der Waals surface area contributed by atoms with E-state index in [2.05, 4.69) is 31.1 Å². The maximum atomic E-state index is 10.6. The van der Waals surface area contributed by atoms with Gasteiger partial charge in [-0.1, -0.05) is 0 Å². The fraction of sp³-hybridized carbons (Fsp3) is 0.571. The van der Waals surface area contributed by atoms with E-state index in [0.717, 1.165) is 25.6 Å². The van der Waals surface area contributed by atoms with Crippen LogP contribution in [0, 0.1) is 5.41 Å². The Kier molecular flexibility index (Phi) is 9.83. The highest BCUT2D eigenvalue weighted by molar-refractivity contribution is 5.73. The first-order chi connectivity index (χ1) is 17.1. The van der Waals surface area contributed by atoms with Gasteiger partial charge in [-0.05, 0) is 43.8 Å². The number of anilines is 1. The molecule has 0 saturated carbocycles. The second kappa shape index (κ2) is 12.2. The molecule has 0 aromatic carbocycles. The predicted molar refractivity (Wildman–Crippen MR) is 116 cm³/mol. The standard InChI is InChI=1S/C17H24N6.2C2HF3O2/c1-21-12-15(11-20-21)13-22-8-3-17(4-9-22)5-10-23(14-17)16-18-6-2-7-19-16;2*3-2(4,5)1(6)7/h2,6-7,11-12H,3-5,8-10,13-14H2,1H3;2*(H,6,7). The van der Waals surface area contributed by atoms with E-state index in [-0.39, 0.29) is 0 Å². The number of alkyl halides is 6. The summed E-state index contributed by atoms with van der Waals surface area (Å²) in [6.45, 7) is 5.58. The number of aromatic nitrogens is 4. The summed E-state index contributed by atoms with van der Waals surface area (Å²) in [7, 11) is 1.98. The predicted octanol–water partition coefficient (Wildman–Crippen LogP) is 2.97. The number of piperidine rings is 1. The summed E-state index contributed by atoms with van der Waals surface area (Å²) in [5.74, 6) is -4.62. The van der Waals surface area contributed by atoms with Crippen LogP contribution < -0.4 is 4.90 Å². The molecule has 0 unspecified atom stereocenters. The minimum absolute atomic E-state index is 0.463. The van der Waals surface area contributed by atoms with Crippen molar-refractivity contribution in [3.05, 3.63) is 36.4 Å². The van der Waals surface area contributed by atoms with E-state index in [1.807, 2.05) is 36.4 Å². The lowest BCUT2D eigenvalue weighted by molar-refractivity contribution is -0.193. The second-order valence-corrected chi connectivity index (χ2v) is 8.62. The van der Waals surface area contributed by atoms with Gasteiger partial charge in [0, 0.05) is 50.8 Å². The Hall–Kier alpha value is -3.43. The third-order valence-corrected chi connectivity index (χ3v) is 5.84. The Bertz CT molecular complexity index is 999. The average molecular weight is 540 g/mol. The smallest absolute Gasteiger partial charge is 0.475 e. The minimum atomic E-state index is -5.08. The molecule has 206 valence electrons. The Morgan fingerprint density at radius 3 is 1.86 bits per heavy atom. The monoisotopic (exact) mass is 540 g/mol. The lowest BCUT2D eigenvalue weighted by atomic mass is 9.78. The van der Waals surface area contributed by atoms with Gasteiger partial charge in [-0.3, -0.25) is 9.58 Å². The van der Waals surface area contributed by atoms with Gasteiger partial charge in [0.15, 0.2) is 0 Å². The van der Waals surface area contributed by atoms with Crippen molar-refractivity contribution in [3.8, 4) is 0 Å². The Balaban J connectivity index is 0.000000286. The molecule has 2 N–H and O–H groups in total. The molecule has 0 atom stereocenters. The normalized spacial score (nSPS) is 17.4. The van der Waals surface area contributed by atoms with Crippen LogP contribution in [0.5, 0.6) is 0 Å². The second-order valence-electron chi connectivity index (χ2n) is 8.62. The number of likely N-dealkylation sites (tertiary alicyclic amines) is 1. The minimum Gasteiger partial charge on any atom is -0.475 e. The van der Waals surface area contributed by atoms with Gasteiger partial charge in [-0.25, -0.2) is 19.6 Å². The molecule has 37 heavy (non-hydrogen) atoms. The molecule has 2 fully saturated rings. The zero-order chi connectivity index (χ0) is 27.9. The number of carboxylic acids is 2. The zero-order valence-electron chi connectivity index (χ0n) is 19.7. The summed E-state index contributed by atoms with van der Waals surface area (Å²) in [5, 5.41) is 18.5. The molecule has 2 aromatic heterocycles. The van der Waals surface area contributed by atoms with Crippen molar-refractivity contribution in [1.29, 1.82) is 0 Å². The van der Waals surface area contributed by atoms with Gasteiger partial charge in [0.2, 0.25) is 5.95 Å². The first kappa shape index (κ1) is 29.8. The SMILES string of the molecule is Cn1cc(CN2CCC3(CC2)CCN(c2ncccn2)C3)cn1.O=C(O)C(F)(F)F.O=C(O)C(F)(F)F. The number of hydrogen-bond donors (Lipinski definition) is 2. The van der Waals surface area contributed by atoms with E-state index in [1.54, 1.807) is 0 Å². The van der Waals surface area contributed by atoms with Crippen LogP contribution in [-0.2, 0) is 23.2 Å². The maximum absolute atomic E-state index is 10.6. The van der Waals surface area contributed by atoms with Crippen LogP contribution in [0.25, 0.3) is 0 Å². The highest BCUT2D eigenvalue weighted by Gasteiger charge is 2.41. The number of rotatable bonds is 3. The van der Waals surface area contributed by atoms with Crippen molar-refractivity contribution >= 4 is 17.9 Å². The third-order valence-electron chi connectivity index (χ3n) is 5.84. The van der Waals surface area contributed by atoms with Gasteiger partial charge in [0.25, 0.3) is 0 Å². The van der Waals surface area contributed by atoms with E-state index < -0.39 is 24.3 Å².